The summed E-state index contributed by atoms with van der Waals surface area (Å²) in [5, 5.41) is 1.90. The van der Waals surface area contributed by atoms with Crippen molar-refractivity contribution in [3.63, 3.8) is 0 Å². The second-order valence-electron chi connectivity index (χ2n) is 13.9. The van der Waals surface area contributed by atoms with E-state index in [9.17, 15) is 0 Å². The zero-order chi connectivity index (χ0) is 36.3. The number of nitrogens with zero attached hydrogens (tertiary/aromatic N) is 5. The van der Waals surface area contributed by atoms with Gasteiger partial charge in [-0.25, -0.2) is 9.97 Å². The van der Waals surface area contributed by atoms with Gasteiger partial charge in [0.25, 0.3) is 0 Å². The molecule has 0 bridgehead atoms. The molecule has 0 saturated carbocycles. The van der Waals surface area contributed by atoms with E-state index in [2.05, 4.69) is 96.2 Å². The van der Waals surface area contributed by atoms with Crippen LogP contribution in [0.1, 0.15) is 38.8 Å². The van der Waals surface area contributed by atoms with Gasteiger partial charge in [-0.15, -0.1) is 71.8 Å². The molecule has 4 aromatic carbocycles. The summed E-state index contributed by atoms with van der Waals surface area (Å²) < 4.78 is 14.7. The Balaban J connectivity index is 0.00000257. The van der Waals surface area contributed by atoms with Crippen molar-refractivity contribution in [2.75, 3.05) is 0 Å². The monoisotopic (exact) mass is 1080 g/mol. The van der Waals surface area contributed by atoms with Gasteiger partial charge < -0.3 is 24.0 Å². The SMILES string of the molecule is CC(C)Cc1ccnc(-c2[c-]c(Oc3[c-]c4c(cc3)c3ccc(Oc5[c-]c(-c6cc(CC(C)C)ccn6)ccc5)[c-]c3n4-c3ncccn3)ccc2)c1.[Pt+2].[Pt+2]. The van der Waals surface area contributed by atoms with Gasteiger partial charge in [0.15, 0.2) is 0 Å². The number of benzene rings is 4. The van der Waals surface area contributed by atoms with Crippen molar-refractivity contribution >= 4 is 21.8 Å². The van der Waals surface area contributed by atoms with Gasteiger partial charge >= 0.3 is 42.1 Å². The summed E-state index contributed by atoms with van der Waals surface area (Å²) in [6.07, 6.45) is 9.12. The van der Waals surface area contributed by atoms with E-state index in [1.54, 1.807) is 18.5 Å². The summed E-state index contributed by atoms with van der Waals surface area (Å²) in [7, 11) is 0. The van der Waals surface area contributed by atoms with Crippen LogP contribution in [0.3, 0.4) is 0 Å². The predicted molar refractivity (Wildman–Crippen MR) is 208 cm³/mol. The molecule has 9 heteroatoms. The van der Waals surface area contributed by atoms with Gasteiger partial charge in [-0.1, -0.05) is 74.1 Å². The summed E-state index contributed by atoms with van der Waals surface area (Å²) in [5.74, 6) is 3.78. The third-order valence-electron chi connectivity index (χ3n) is 8.75. The molecule has 0 aliphatic carbocycles. The van der Waals surface area contributed by atoms with Crippen LogP contribution < -0.4 is 9.47 Å². The van der Waals surface area contributed by atoms with Gasteiger partial charge in [0.2, 0.25) is 5.95 Å². The Hall–Kier alpha value is -4.96. The van der Waals surface area contributed by atoms with Crippen LogP contribution in [-0.4, -0.2) is 24.5 Å². The summed E-state index contributed by atoms with van der Waals surface area (Å²) >= 11 is 0. The minimum atomic E-state index is 0. The minimum Gasteiger partial charge on any atom is -0.503 e. The Labute approximate surface area is 350 Å². The molecule has 0 radical (unpaired) electrons. The summed E-state index contributed by atoms with van der Waals surface area (Å²) in [5.41, 5.74) is 7.44. The van der Waals surface area contributed by atoms with Crippen LogP contribution in [0.15, 0.2) is 116 Å². The number of aromatic nitrogens is 5. The standard InChI is InChI=1S/C46H37N5O2.2Pt/c1-30(2)22-32-16-20-47-42(24-32)34-8-5-10-36(26-34)52-38-12-14-40-41-15-13-39(29-45(41)51(44(40)28-38)46-49-18-7-19-50-46)53-37-11-6-9-35(27-37)43-25-33(17-21-48-43)23-31(3)4;;/h5-21,24-25,30-31H,22-23H2,1-4H3;;/q-4;2*+2. The van der Waals surface area contributed by atoms with E-state index in [-0.39, 0.29) is 42.1 Å². The maximum Gasteiger partial charge on any atom is 2.00 e. The second-order valence-corrected chi connectivity index (χ2v) is 13.9. The molecule has 0 amide bonds. The number of hydrogen-bond acceptors (Lipinski definition) is 6. The maximum atomic E-state index is 6.37. The molecule has 55 heavy (non-hydrogen) atoms. The van der Waals surface area contributed by atoms with E-state index in [0.29, 0.717) is 40.8 Å². The quantitative estimate of drug-likeness (QED) is 0.120. The number of fused-ring (bicyclic) bond motifs is 3. The molecule has 278 valence electrons. The molecule has 0 spiro atoms. The largest absolute Gasteiger partial charge is 2.00 e. The molecule has 0 aliphatic rings. The molecule has 4 heterocycles. The molecule has 0 aliphatic heterocycles. The molecule has 0 fully saturated rings. The number of rotatable bonds is 11. The summed E-state index contributed by atoms with van der Waals surface area (Å²) in [6.45, 7) is 8.86. The molecule has 4 aromatic heterocycles. The van der Waals surface area contributed by atoms with Gasteiger partial charge in [0, 0.05) is 47.8 Å². The van der Waals surface area contributed by atoms with Crippen molar-refractivity contribution in [3.8, 4) is 51.5 Å². The topological polar surface area (TPSA) is 75.0 Å². The Bertz CT molecular complexity index is 2400. The fraction of sp³-hybridized carbons (Fsp3) is 0.174. The molecule has 0 unspecified atom stereocenters. The molecule has 0 atom stereocenters. The summed E-state index contributed by atoms with van der Waals surface area (Å²) in [6, 6.07) is 43.5. The van der Waals surface area contributed by atoms with E-state index in [1.807, 2.05) is 77.6 Å². The van der Waals surface area contributed by atoms with Crippen molar-refractivity contribution in [2.24, 2.45) is 11.8 Å². The fourth-order valence-electron chi connectivity index (χ4n) is 6.54. The van der Waals surface area contributed by atoms with Gasteiger partial charge in [0.05, 0.1) is 0 Å². The first-order chi connectivity index (χ1) is 25.9. The molecule has 8 rings (SSSR count). The predicted octanol–water partition coefficient (Wildman–Crippen LogP) is 10.9. The first kappa shape index (κ1) is 39.7. The second kappa shape index (κ2) is 17.7. The average Bonchev–Trinajstić information content (AvgIpc) is 3.48. The van der Waals surface area contributed by atoms with Crippen LogP contribution in [0, 0.1) is 36.1 Å². The smallest absolute Gasteiger partial charge is 0.503 e. The van der Waals surface area contributed by atoms with E-state index >= 15 is 0 Å². The van der Waals surface area contributed by atoms with Crippen molar-refractivity contribution in [1.29, 1.82) is 0 Å². The minimum absolute atomic E-state index is 0. The van der Waals surface area contributed by atoms with Gasteiger partial charge in [-0.05, 0) is 54.3 Å². The fourth-order valence-corrected chi connectivity index (χ4v) is 6.54. The van der Waals surface area contributed by atoms with Crippen molar-refractivity contribution in [1.82, 2.24) is 24.5 Å². The van der Waals surface area contributed by atoms with Crippen LogP contribution in [-0.2, 0) is 55.0 Å². The van der Waals surface area contributed by atoms with Crippen molar-refractivity contribution < 1.29 is 51.6 Å². The first-order valence-corrected chi connectivity index (χ1v) is 17.9. The Morgan fingerprint density at radius 1 is 0.509 bits per heavy atom. The number of ether oxygens (including phenoxy) is 2. The van der Waals surface area contributed by atoms with E-state index in [4.69, 9.17) is 9.47 Å². The maximum absolute atomic E-state index is 6.37. The van der Waals surface area contributed by atoms with Gasteiger partial charge in [-0.3, -0.25) is 0 Å². The van der Waals surface area contributed by atoms with Crippen LogP contribution in [0.4, 0.5) is 0 Å². The van der Waals surface area contributed by atoms with E-state index in [0.717, 1.165) is 57.2 Å². The van der Waals surface area contributed by atoms with Crippen LogP contribution in [0.25, 0.3) is 50.3 Å². The van der Waals surface area contributed by atoms with Crippen LogP contribution in [0.2, 0.25) is 0 Å². The van der Waals surface area contributed by atoms with Gasteiger partial charge in [0.1, 0.15) is 0 Å². The molecule has 7 nitrogen and oxygen atoms in total. The Morgan fingerprint density at radius 2 is 0.964 bits per heavy atom. The Kier molecular flexibility index (Phi) is 12.8. The molecule has 0 saturated heterocycles. The molecule has 0 N–H and O–H groups in total. The third-order valence-corrected chi connectivity index (χ3v) is 8.75. The van der Waals surface area contributed by atoms with Crippen LogP contribution in [0.5, 0.6) is 23.0 Å². The molecular formula is C46H37N5O2Pt2. The summed E-state index contributed by atoms with van der Waals surface area (Å²) in [4.78, 5) is 18.4. The van der Waals surface area contributed by atoms with Crippen LogP contribution >= 0.6 is 0 Å². The zero-order valence-corrected chi connectivity index (χ0v) is 35.3. The number of pyridine rings is 2. The molecule has 8 aromatic rings. The van der Waals surface area contributed by atoms with E-state index in [1.165, 1.54) is 11.1 Å². The van der Waals surface area contributed by atoms with E-state index < -0.39 is 0 Å². The van der Waals surface area contributed by atoms with Crippen molar-refractivity contribution in [2.45, 2.75) is 40.5 Å². The zero-order valence-electron chi connectivity index (χ0n) is 30.7. The third kappa shape index (κ3) is 9.13. The molecular weight excluding hydrogens is 1040 g/mol. The first-order valence-electron chi connectivity index (χ1n) is 17.9. The van der Waals surface area contributed by atoms with Crippen molar-refractivity contribution in [3.05, 3.63) is 151 Å². The normalized spacial score (nSPS) is 11.1. The van der Waals surface area contributed by atoms with Gasteiger partial charge in [-0.2, -0.15) is 22.9 Å². The Morgan fingerprint density at radius 3 is 1.42 bits per heavy atom. The number of hydrogen-bond donors (Lipinski definition) is 0. The average molecular weight is 1080 g/mol.